The highest BCUT2D eigenvalue weighted by atomic mass is 35.5. The first kappa shape index (κ1) is 18.1. The molecule has 1 saturated heterocycles. The average Bonchev–Trinajstić information content (AvgIpc) is 2.38. The lowest BCUT2D eigenvalue weighted by Gasteiger charge is -2.31. The van der Waals surface area contributed by atoms with Gasteiger partial charge in [0.2, 0.25) is 5.91 Å². The number of carbonyl (C=O) groups is 1. The zero-order valence-corrected chi connectivity index (χ0v) is 13.4. The van der Waals surface area contributed by atoms with Crippen molar-refractivity contribution in [3.63, 3.8) is 0 Å². The normalized spacial score (nSPS) is 20.9. The van der Waals surface area contributed by atoms with Crippen molar-refractivity contribution in [1.29, 1.82) is 0 Å². The molecule has 1 rings (SSSR count). The molecule has 1 N–H and O–H groups in total. The summed E-state index contributed by atoms with van der Waals surface area (Å²) in [5.74, 6) is 2.84. The molecule has 1 heterocycles. The highest BCUT2D eigenvalue weighted by Gasteiger charge is 2.25. The molecule has 1 fully saturated rings. The van der Waals surface area contributed by atoms with Gasteiger partial charge < -0.3 is 10.2 Å². The van der Waals surface area contributed by atoms with Gasteiger partial charge in [-0.05, 0) is 44.2 Å². The van der Waals surface area contributed by atoms with Gasteiger partial charge in [0, 0.05) is 19.6 Å². The second-order valence-electron chi connectivity index (χ2n) is 4.83. The minimum Gasteiger partial charge on any atom is -0.343 e. The first-order chi connectivity index (χ1) is 8.16. The average molecular weight is 295 g/mol. The van der Waals surface area contributed by atoms with E-state index in [4.69, 9.17) is 0 Å². The maximum Gasteiger partial charge on any atom is 0.226 e. The predicted molar refractivity (Wildman–Crippen MR) is 82.7 cm³/mol. The number of rotatable bonds is 6. The Morgan fingerprint density at radius 2 is 2.28 bits per heavy atom. The quantitative estimate of drug-likeness (QED) is 0.764. The van der Waals surface area contributed by atoms with E-state index < -0.39 is 0 Å². The van der Waals surface area contributed by atoms with Crippen LogP contribution in [0.5, 0.6) is 0 Å². The molecular formula is C13H27ClN2OS. The molecule has 2 atom stereocenters. The summed E-state index contributed by atoms with van der Waals surface area (Å²) in [6, 6.07) is 0.364. The summed E-state index contributed by atoms with van der Waals surface area (Å²) in [6.07, 6.45) is 3.28. The fourth-order valence-corrected chi connectivity index (χ4v) is 2.96. The lowest BCUT2D eigenvalue weighted by Crippen LogP contribution is -2.44. The van der Waals surface area contributed by atoms with Crippen LogP contribution in [0.2, 0.25) is 0 Å². The fourth-order valence-electron chi connectivity index (χ4n) is 2.16. The molecular weight excluding hydrogens is 268 g/mol. The predicted octanol–water partition coefficient (Wildman–Crippen LogP) is 2.40. The Morgan fingerprint density at radius 3 is 2.83 bits per heavy atom. The molecule has 1 aliphatic rings. The van der Waals surface area contributed by atoms with Crippen LogP contribution in [0.15, 0.2) is 0 Å². The van der Waals surface area contributed by atoms with Crippen LogP contribution in [0.1, 0.15) is 33.1 Å². The zero-order chi connectivity index (χ0) is 12.7. The van der Waals surface area contributed by atoms with Gasteiger partial charge in [0.15, 0.2) is 0 Å². The summed E-state index contributed by atoms with van der Waals surface area (Å²) in [6.45, 7) is 6.26. The van der Waals surface area contributed by atoms with Crippen LogP contribution in [0.3, 0.4) is 0 Å². The first-order valence-corrected chi connectivity index (χ1v) is 7.87. The molecule has 0 spiro atoms. The smallest absolute Gasteiger partial charge is 0.226 e. The highest BCUT2D eigenvalue weighted by Crippen LogP contribution is 2.16. The Morgan fingerprint density at radius 1 is 1.56 bits per heavy atom. The summed E-state index contributed by atoms with van der Waals surface area (Å²) in [5.41, 5.74) is 0. The number of carbonyl (C=O) groups excluding carboxylic acids is 1. The van der Waals surface area contributed by atoms with Gasteiger partial charge in [-0.2, -0.15) is 11.8 Å². The van der Waals surface area contributed by atoms with Crippen molar-refractivity contribution >= 4 is 30.1 Å². The van der Waals surface area contributed by atoms with Gasteiger partial charge in [-0.1, -0.05) is 6.92 Å². The summed E-state index contributed by atoms with van der Waals surface area (Å²) in [5, 5.41) is 3.31. The number of nitrogens with one attached hydrogen (secondary N) is 1. The number of hydrogen-bond donors (Lipinski definition) is 1. The third-order valence-electron chi connectivity index (χ3n) is 3.54. The summed E-state index contributed by atoms with van der Waals surface area (Å²) in [7, 11) is 1.96. The third kappa shape index (κ3) is 5.81. The van der Waals surface area contributed by atoms with Crippen molar-refractivity contribution in [2.75, 3.05) is 31.6 Å². The molecule has 0 aromatic heterocycles. The molecule has 0 bridgehead atoms. The van der Waals surface area contributed by atoms with Crippen molar-refractivity contribution in [1.82, 2.24) is 10.2 Å². The molecule has 0 aromatic carbocycles. The van der Waals surface area contributed by atoms with Crippen LogP contribution in [0.25, 0.3) is 0 Å². The van der Waals surface area contributed by atoms with E-state index in [2.05, 4.69) is 19.2 Å². The molecule has 0 radical (unpaired) electrons. The second kappa shape index (κ2) is 9.93. The summed E-state index contributed by atoms with van der Waals surface area (Å²) >= 11 is 1.95. The molecule has 0 aliphatic carbocycles. The highest BCUT2D eigenvalue weighted by molar-refractivity contribution is 7.99. The second-order valence-corrected chi connectivity index (χ2v) is 6.22. The van der Waals surface area contributed by atoms with Gasteiger partial charge in [0.25, 0.3) is 0 Å². The molecule has 1 aliphatic heterocycles. The first-order valence-electron chi connectivity index (χ1n) is 6.72. The Kier molecular flexibility index (Phi) is 9.97. The minimum absolute atomic E-state index is 0. The number of thioether (sulfide) groups is 1. The van der Waals surface area contributed by atoms with Crippen molar-refractivity contribution in [3.05, 3.63) is 0 Å². The van der Waals surface area contributed by atoms with Crippen LogP contribution in [-0.4, -0.2) is 48.5 Å². The van der Waals surface area contributed by atoms with Gasteiger partial charge >= 0.3 is 0 Å². The van der Waals surface area contributed by atoms with Crippen molar-refractivity contribution in [2.45, 2.75) is 39.2 Å². The standard InChI is InChI=1S/C13H26N2OS.ClH/c1-4-17-9-7-11(2)15(3)13(16)12-6-5-8-14-10-12;/h11-12,14H,4-10H2,1-3H3;1H. The van der Waals surface area contributed by atoms with Crippen LogP contribution >= 0.6 is 24.2 Å². The Bertz CT molecular complexity index is 235. The fraction of sp³-hybridized carbons (Fsp3) is 0.923. The van der Waals surface area contributed by atoms with Gasteiger partial charge in [-0.3, -0.25) is 4.79 Å². The van der Waals surface area contributed by atoms with E-state index in [0.29, 0.717) is 11.9 Å². The lowest BCUT2D eigenvalue weighted by molar-refractivity contribution is -0.136. The van der Waals surface area contributed by atoms with Crippen LogP contribution in [-0.2, 0) is 4.79 Å². The van der Waals surface area contributed by atoms with Gasteiger partial charge in [-0.25, -0.2) is 0 Å². The summed E-state index contributed by atoms with van der Waals surface area (Å²) < 4.78 is 0. The van der Waals surface area contributed by atoms with Crippen LogP contribution < -0.4 is 5.32 Å². The van der Waals surface area contributed by atoms with Gasteiger partial charge in [-0.15, -0.1) is 12.4 Å². The Labute approximate surface area is 122 Å². The van der Waals surface area contributed by atoms with E-state index in [1.54, 1.807) is 0 Å². The largest absolute Gasteiger partial charge is 0.343 e. The van der Waals surface area contributed by atoms with Gasteiger partial charge in [0.1, 0.15) is 0 Å². The summed E-state index contributed by atoms with van der Waals surface area (Å²) in [4.78, 5) is 14.2. The van der Waals surface area contributed by atoms with Crippen molar-refractivity contribution in [3.8, 4) is 0 Å². The molecule has 108 valence electrons. The van der Waals surface area contributed by atoms with Crippen LogP contribution in [0, 0.1) is 5.92 Å². The molecule has 0 saturated carbocycles. The number of amides is 1. The van der Waals surface area contributed by atoms with E-state index >= 15 is 0 Å². The number of hydrogen-bond acceptors (Lipinski definition) is 3. The number of halogens is 1. The topological polar surface area (TPSA) is 32.3 Å². The van der Waals surface area contributed by atoms with Crippen LogP contribution in [0.4, 0.5) is 0 Å². The molecule has 5 heteroatoms. The SMILES string of the molecule is CCSCCC(C)N(C)C(=O)C1CCCNC1.Cl. The molecule has 1 amide bonds. The monoisotopic (exact) mass is 294 g/mol. The molecule has 3 nitrogen and oxygen atoms in total. The van der Waals surface area contributed by atoms with Gasteiger partial charge in [0.05, 0.1) is 5.92 Å². The molecule has 0 aromatic rings. The minimum atomic E-state index is 0. The van der Waals surface area contributed by atoms with Crippen molar-refractivity contribution in [2.24, 2.45) is 5.92 Å². The molecule has 2 unspecified atom stereocenters. The van der Waals surface area contributed by atoms with E-state index in [0.717, 1.165) is 43.9 Å². The van der Waals surface area contributed by atoms with E-state index in [-0.39, 0.29) is 18.3 Å². The maximum atomic E-state index is 12.3. The third-order valence-corrected chi connectivity index (χ3v) is 4.47. The Balaban J connectivity index is 0.00000289. The number of piperidine rings is 1. The Hall–Kier alpha value is 0.0700. The van der Waals surface area contributed by atoms with Crippen molar-refractivity contribution < 1.29 is 4.79 Å². The van der Waals surface area contributed by atoms with E-state index in [9.17, 15) is 4.79 Å². The zero-order valence-electron chi connectivity index (χ0n) is 11.8. The van der Waals surface area contributed by atoms with E-state index in [1.807, 2.05) is 23.7 Å². The maximum absolute atomic E-state index is 12.3. The molecule has 18 heavy (non-hydrogen) atoms. The number of nitrogens with zero attached hydrogens (tertiary/aromatic N) is 1. The lowest BCUT2D eigenvalue weighted by atomic mass is 9.97. The van der Waals surface area contributed by atoms with E-state index in [1.165, 1.54) is 0 Å².